The Kier molecular flexibility index (Phi) is 7.70. The fourth-order valence-electron chi connectivity index (χ4n) is 2.26. The second-order valence-electron chi connectivity index (χ2n) is 5.10. The summed E-state index contributed by atoms with van der Waals surface area (Å²) in [5.41, 5.74) is 3.11. The van der Waals surface area contributed by atoms with Crippen LogP contribution < -0.4 is 9.46 Å². The molecule has 0 aliphatic rings. The van der Waals surface area contributed by atoms with Crippen LogP contribution in [0.3, 0.4) is 0 Å². The molecule has 3 nitrogen and oxygen atoms in total. The Hall–Kier alpha value is -2.30. The van der Waals surface area contributed by atoms with E-state index in [1.54, 1.807) is 25.3 Å². The van der Waals surface area contributed by atoms with Crippen molar-refractivity contribution in [3.8, 4) is 22.6 Å². The van der Waals surface area contributed by atoms with Crippen LogP contribution in [0.2, 0.25) is 5.02 Å². The van der Waals surface area contributed by atoms with E-state index in [0.717, 1.165) is 27.5 Å². The zero-order valence-electron chi connectivity index (χ0n) is 15.0. The minimum atomic E-state index is 0.0738. The third kappa shape index (κ3) is 5.10. The van der Waals surface area contributed by atoms with Gasteiger partial charge >= 0.3 is 0 Å². The minimum Gasteiger partial charge on any atom is -0.506 e. The molecular weight excluding hydrogens is 366 g/mol. The first-order valence-electron chi connectivity index (χ1n) is 8.32. The van der Waals surface area contributed by atoms with Crippen LogP contribution in [0.25, 0.3) is 11.1 Å². The molecule has 0 saturated carbocycles. The zero-order valence-corrected chi connectivity index (χ0v) is 16.6. The standard InChI is InChI=1S/C19H16ClNO2S.C2H6/c1-23-19-10-7-14(13-5-3-2-4-6-13)11-17(19)21-24-15-8-9-18(22)16(20)12-15;1-2/h2-12,21-22H,1H3;1-2H3. The molecule has 0 bridgehead atoms. The average Bonchev–Trinajstić information content (AvgIpc) is 2.71. The summed E-state index contributed by atoms with van der Waals surface area (Å²) in [6.45, 7) is 4.00. The molecule has 0 atom stereocenters. The smallest absolute Gasteiger partial charge is 0.142 e. The Morgan fingerprint density at radius 3 is 2.31 bits per heavy atom. The fourth-order valence-corrected chi connectivity index (χ4v) is 3.21. The Morgan fingerprint density at radius 1 is 0.923 bits per heavy atom. The number of phenols is 1. The topological polar surface area (TPSA) is 41.5 Å². The molecule has 0 fully saturated rings. The van der Waals surface area contributed by atoms with E-state index in [4.69, 9.17) is 16.3 Å². The van der Waals surface area contributed by atoms with E-state index in [-0.39, 0.29) is 5.75 Å². The molecule has 136 valence electrons. The van der Waals surface area contributed by atoms with Crippen molar-refractivity contribution >= 4 is 29.2 Å². The van der Waals surface area contributed by atoms with Crippen molar-refractivity contribution in [3.63, 3.8) is 0 Å². The summed E-state index contributed by atoms with van der Waals surface area (Å²) in [5.74, 6) is 0.830. The predicted molar refractivity (Wildman–Crippen MR) is 112 cm³/mol. The molecule has 0 spiro atoms. The van der Waals surface area contributed by atoms with Gasteiger partial charge in [-0.1, -0.05) is 61.8 Å². The second kappa shape index (κ2) is 10.00. The summed E-state index contributed by atoms with van der Waals surface area (Å²) in [7, 11) is 1.64. The molecule has 0 amide bonds. The van der Waals surface area contributed by atoms with Crippen molar-refractivity contribution in [3.05, 3.63) is 71.8 Å². The van der Waals surface area contributed by atoms with Crippen LogP contribution in [-0.2, 0) is 0 Å². The predicted octanol–water partition coefficient (Wildman–Crippen LogP) is 6.87. The highest BCUT2D eigenvalue weighted by Crippen LogP contribution is 2.35. The van der Waals surface area contributed by atoms with Gasteiger partial charge in [-0.25, -0.2) is 0 Å². The Morgan fingerprint density at radius 2 is 1.65 bits per heavy atom. The maximum absolute atomic E-state index is 9.49. The maximum atomic E-state index is 9.49. The number of nitrogens with one attached hydrogen (secondary N) is 1. The van der Waals surface area contributed by atoms with Crippen LogP contribution in [-0.4, -0.2) is 12.2 Å². The number of phenolic OH excluding ortho intramolecular Hbond substituents is 1. The lowest BCUT2D eigenvalue weighted by atomic mass is 10.1. The highest BCUT2D eigenvalue weighted by molar-refractivity contribution is 8.00. The van der Waals surface area contributed by atoms with Gasteiger partial charge in [-0.05, 0) is 53.4 Å². The van der Waals surface area contributed by atoms with Gasteiger partial charge in [-0.3, -0.25) is 0 Å². The van der Waals surface area contributed by atoms with Gasteiger partial charge in [-0.15, -0.1) is 0 Å². The Bertz CT molecular complexity index is 841. The number of anilines is 1. The van der Waals surface area contributed by atoms with Gasteiger partial charge in [0.25, 0.3) is 0 Å². The number of benzene rings is 3. The van der Waals surface area contributed by atoms with Crippen molar-refractivity contribution in [1.29, 1.82) is 0 Å². The highest BCUT2D eigenvalue weighted by Gasteiger charge is 2.07. The summed E-state index contributed by atoms with van der Waals surface area (Å²) in [6, 6.07) is 21.3. The van der Waals surface area contributed by atoms with Gasteiger partial charge in [0.05, 0.1) is 17.8 Å². The van der Waals surface area contributed by atoms with Gasteiger partial charge in [0.15, 0.2) is 0 Å². The van der Waals surface area contributed by atoms with E-state index in [1.807, 2.05) is 50.2 Å². The molecule has 5 heteroatoms. The first kappa shape index (κ1) is 20.0. The van der Waals surface area contributed by atoms with E-state index in [2.05, 4.69) is 16.9 Å². The summed E-state index contributed by atoms with van der Waals surface area (Å²) in [6.07, 6.45) is 0. The quantitative estimate of drug-likeness (QED) is 0.469. The number of halogens is 1. The molecule has 0 heterocycles. The molecule has 0 unspecified atom stereocenters. The number of hydrogen-bond acceptors (Lipinski definition) is 4. The fraction of sp³-hybridized carbons (Fsp3) is 0.143. The van der Waals surface area contributed by atoms with Crippen molar-refractivity contribution in [2.45, 2.75) is 18.7 Å². The summed E-state index contributed by atoms with van der Waals surface area (Å²) in [5, 5.41) is 9.82. The maximum Gasteiger partial charge on any atom is 0.142 e. The van der Waals surface area contributed by atoms with Crippen molar-refractivity contribution in [2.75, 3.05) is 11.8 Å². The molecule has 0 aliphatic carbocycles. The molecule has 3 aromatic carbocycles. The molecule has 0 aromatic heterocycles. The molecule has 26 heavy (non-hydrogen) atoms. The summed E-state index contributed by atoms with van der Waals surface area (Å²) in [4.78, 5) is 0.893. The normalized spacial score (nSPS) is 9.85. The van der Waals surface area contributed by atoms with Gasteiger partial charge in [0.1, 0.15) is 11.5 Å². The molecule has 0 radical (unpaired) electrons. The summed E-state index contributed by atoms with van der Waals surface area (Å²) < 4.78 is 8.71. The van der Waals surface area contributed by atoms with Crippen LogP contribution in [0.4, 0.5) is 5.69 Å². The average molecular weight is 388 g/mol. The largest absolute Gasteiger partial charge is 0.506 e. The van der Waals surface area contributed by atoms with Crippen molar-refractivity contribution in [2.24, 2.45) is 0 Å². The third-order valence-corrected chi connectivity index (χ3v) is 4.62. The molecule has 0 aliphatic heterocycles. The first-order valence-corrected chi connectivity index (χ1v) is 9.51. The molecule has 2 N–H and O–H groups in total. The minimum absolute atomic E-state index is 0.0738. The van der Waals surface area contributed by atoms with Gasteiger partial charge in [-0.2, -0.15) is 0 Å². The summed E-state index contributed by atoms with van der Waals surface area (Å²) >= 11 is 7.35. The van der Waals surface area contributed by atoms with Gasteiger partial charge in [0.2, 0.25) is 0 Å². The lowest BCUT2D eigenvalue weighted by Crippen LogP contribution is -1.93. The number of ether oxygens (including phenoxy) is 1. The van der Waals surface area contributed by atoms with Crippen LogP contribution in [0.1, 0.15) is 13.8 Å². The van der Waals surface area contributed by atoms with E-state index >= 15 is 0 Å². The van der Waals surface area contributed by atoms with Crippen LogP contribution >= 0.6 is 23.5 Å². The first-order chi connectivity index (χ1) is 12.7. The monoisotopic (exact) mass is 387 g/mol. The molecule has 3 rings (SSSR count). The number of aromatic hydroxyl groups is 1. The SMILES string of the molecule is CC.COc1ccc(-c2ccccc2)cc1NSc1ccc(O)c(Cl)c1. The van der Waals surface area contributed by atoms with Gasteiger partial charge in [0, 0.05) is 4.90 Å². The lowest BCUT2D eigenvalue weighted by Gasteiger charge is -2.13. The Balaban J connectivity index is 0.00000117. The molecular formula is C21H22ClNO2S. The third-order valence-electron chi connectivity index (χ3n) is 3.50. The number of rotatable bonds is 5. The van der Waals surface area contributed by atoms with Crippen molar-refractivity contribution in [1.82, 2.24) is 0 Å². The van der Waals surface area contributed by atoms with Crippen molar-refractivity contribution < 1.29 is 9.84 Å². The molecule has 3 aromatic rings. The molecule has 0 saturated heterocycles. The van der Waals surface area contributed by atoms with E-state index < -0.39 is 0 Å². The lowest BCUT2D eigenvalue weighted by molar-refractivity contribution is 0.417. The number of methoxy groups -OCH3 is 1. The number of hydrogen-bond donors (Lipinski definition) is 2. The van der Waals surface area contributed by atoms with Gasteiger partial charge < -0.3 is 14.6 Å². The van der Waals surface area contributed by atoms with Crippen LogP contribution in [0.5, 0.6) is 11.5 Å². The van der Waals surface area contributed by atoms with E-state index in [1.165, 1.54) is 11.9 Å². The highest BCUT2D eigenvalue weighted by atomic mass is 35.5. The van der Waals surface area contributed by atoms with E-state index in [0.29, 0.717) is 5.02 Å². The zero-order chi connectivity index (χ0) is 18.9. The second-order valence-corrected chi connectivity index (χ2v) is 6.39. The van der Waals surface area contributed by atoms with Crippen LogP contribution in [0.15, 0.2) is 71.6 Å². The Labute approximate surface area is 164 Å². The van der Waals surface area contributed by atoms with Crippen LogP contribution in [0, 0.1) is 0 Å². The van der Waals surface area contributed by atoms with E-state index in [9.17, 15) is 5.11 Å².